The van der Waals surface area contributed by atoms with E-state index >= 15 is 0 Å². The van der Waals surface area contributed by atoms with E-state index in [4.69, 9.17) is 0 Å². The highest BCUT2D eigenvalue weighted by Crippen LogP contribution is 2.67. The van der Waals surface area contributed by atoms with Gasteiger partial charge in [-0.15, -0.1) is 0 Å². The van der Waals surface area contributed by atoms with Crippen LogP contribution in [0.15, 0.2) is 11.6 Å². The molecule has 0 unspecified atom stereocenters. The third-order valence-electron chi connectivity index (χ3n) is 8.72. The lowest BCUT2D eigenvalue weighted by atomic mass is 9.45. The van der Waals surface area contributed by atoms with E-state index in [2.05, 4.69) is 6.92 Å². The van der Waals surface area contributed by atoms with E-state index in [9.17, 15) is 24.9 Å². The molecule has 4 rings (SSSR count). The average Bonchev–Trinajstić information content (AvgIpc) is 2.87. The van der Waals surface area contributed by atoms with Crippen LogP contribution in [-0.4, -0.2) is 44.7 Å². The van der Waals surface area contributed by atoms with E-state index in [0.29, 0.717) is 24.8 Å². The van der Waals surface area contributed by atoms with E-state index in [1.807, 2.05) is 6.92 Å². The van der Waals surface area contributed by atoms with Gasteiger partial charge in [0.15, 0.2) is 11.6 Å². The van der Waals surface area contributed by atoms with Crippen molar-refractivity contribution in [3.05, 3.63) is 11.6 Å². The van der Waals surface area contributed by atoms with Crippen molar-refractivity contribution in [3.8, 4) is 0 Å². The third-order valence-corrected chi connectivity index (χ3v) is 8.72. The molecule has 0 aromatic carbocycles. The van der Waals surface area contributed by atoms with Crippen molar-refractivity contribution in [2.24, 2.45) is 28.6 Å². The summed E-state index contributed by atoms with van der Waals surface area (Å²) in [7, 11) is 0. The third kappa shape index (κ3) is 2.02. The minimum atomic E-state index is -1.36. The highest BCUT2D eigenvalue weighted by atomic mass is 16.3. The SMILES string of the molecule is CC(=O)[C@@]1(O)CC[C@H]2[C@@H]3[C@@H](O)C(=O)C4=C[C@@H](O)CC[C@]4(C)[C@H]3CC[C@@]21C. The summed E-state index contributed by atoms with van der Waals surface area (Å²) in [6, 6.07) is 0. The molecule has 0 amide bonds. The number of carbonyl (C=O) groups is 2. The van der Waals surface area contributed by atoms with Crippen molar-refractivity contribution in [3.63, 3.8) is 0 Å². The standard InChI is InChI=1S/C21H30O5/c1-11(22)21(26)9-6-14-16-13(5-8-20(14,21)3)19(2)7-4-12(23)10-15(19)17(24)18(16)25/h10,12-14,16,18,23,25-26H,4-9H2,1-3H3/t12-,13-,14-,16+,18+,19+,20-,21-/m0/s1. The maximum Gasteiger partial charge on any atom is 0.187 e. The molecule has 0 spiro atoms. The minimum Gasteiger partial charge on any atom is -0.389 e. The quantitative estimate of drug-likeness (QED) is 0.661. The number of aliphatic hydroxyl groups is 3. The van der Waals surface area contributed by atoms with Crippen LogP contribution in [0.1, 0.15) is 59.3 Å². The number of ketones is 2. The monoisotopic (exact) mass is 362 g/mol. The maximum absolute atomic E-state index is 13.0. The van der Waals surface area contributed by atoms with Crippen LogP contribution in [0.4, 0.5) is 0 Å². The molecule has 8 atom stereocenters. The minimum absolute atomic E-state index is 0.0423. The molecule has 0 radical (unpaired) electrons. The van der Waals surface area contributed by atoms with Gasteiger partial charge < -0.3 is 15.3 Å². The van der Waals surface area contributed by atoms with E-state index in [0.717, 1.165) is 19.3 Å². The molecular formula is C21H30O5. The summed E-state index contributed by atoms with van der Waals surface area (Å²) in [4.78, 5) is 25.2. The zero-order valence-corrected chi connectivity index (χ0v) is 15.9. The van der Waals surface area contributed by atoms with Crippen molar-refractivity contribution in [1.29, 1.82) is 0 Å². The normalized spacial score (nSPS) is 53.4. The Balaban J connectivity index is 1.79. The number of hydrogen-bond donors (Lipinski definition) is 3. The van der Waals surface area contributed by atoms with Gasteiger partial charge in [-0.25, -0.2) is 0 Å². The van der Waals surface area contributed by atoms with Crippen LogP contribution in [0, 0.1) is 28.6 Å². The van der Waals surface area contributed by atoms with E-state index < -0.39 is 23.2 Å². The second kappa shape index (κ2) is 5.49. The summed E-state index contributed by atoms with van der Waals surface area (Å²) in [5, 5.41) is 32.1. The molecule has 3 saturated carbocycles. The van der Waals surface area contributed by atoms with Crippen LogP contribution in [0.5, 0.6) is 0 Å². The van der Waals surface area contributed by atoms with Crippen molar-refractivity contribution >= 4 is 11.6 Å². The van der Waals surface area contributed by atoms with Gasteiger partial charge in [0, 0.05) is 11.0 Å². The second-order valence-corrected chi connectivity index (χ2v) is 9.61. The Morgan fingerprint density at radius 1 is 1.08 bits per heavy atom. The summed E-state index contributed by atoms with van der Waals surface area (Å²) in [6.45, 7) is 5.52. The maximum atomic E-state index is 13.0. The van der Waals surface area contributed by atoms with Gasteiger partial charge in [-0.1, -0.05) is 13.8 Å². The lowest BCUT2D eigenvalue weighted by Gasteiger charge is -2.59. The fraction of sp³-hybridized carbons (Fsp3) is 0.810. The number of rotatable bonds is 1. The van der Waals surface area contributed by atoms with Crippen molar-refractivity contribution in [2.45, 2.75) is 77.1 Å². The molecule has 0 bridgehead atoms. The summed E-state index contributed by atoms with van der Waals surface area (Å²) in [5.74, 6) is -0.604. The fourth-order valence-electron chi connectivity index (χ4n) is 7.11. The molecule has 0 heterocycles. The topological polar surface area (TPSA) is 94.8 Å². The van der Waals surface area contributed by atoms with Gasteiger partial charge in [-0.3, -0.25) is 9.59 Å². The van der Waals surface area contributed by atoms with E-state index in [-0.39, 0.29) is 34.7 Å². The van der Waals surface area contributed by atoms with Crippen molar-refractivity contribution in [1.82, 2.24) is 0 Å². The van der Waals surface area contributed by atoms with Gasteiger partial charge in [0.1, 0.15) is 11.7 Å². The van der Waals surface area contributed by atoms with Crippen molar-refractivity contribution in [2.75, 3.05) is 0 Å². The zero-order valence-electron chi connectivity index (χ0n) is 15.9. The van der Waals surface area contributed by atoms with Gasteiger partial charge in [0.25, 0.3) is 0 Å². The van der Waals surface area contributed by atoms with Crippen LogP contribution in [0.3, 0.4) is 0 Å². The molecule has 0 aromatic heterocycles. The average molecular weight is 362 g/mol. The summed E-state index contributed by atoms with van der Waals surface area (Å²) < 4.78 is 0. The van der Waals surface area contributed by atoms with Gasteiger partial charge in [0.05, 0.1) is 6.10 Å². The van der Waals surface area contributed by atoms with Crippen LogP contribution >= 0.6 is 0 Å². The summed E-state index contributed by atoms with van der Waals surface area (Å²) >= 11 is 0. The van der Waals surface area contributed by atoms with Crippen LogP contribution in [0.2, 0.25) is 0 Å². The van der Waals surface area contributed by atoms with Gasteiger partial charge in [-0.2, -0.15) is 0 Å². The highest BCUT2D eigenvalue weighted by molar-refractivity contribution is 6.01. The molecule has 0 aromatic rings. The Labute approximate surface area is 154 Å². The largest absolute Gasteiger partial charge is 0.389 e. The van der Waals surface area contributed by atoms with Crippen LogP contribution in [0.25, 0.3) is 0 Å². The van der Waals surface area contributed by atoms with Crippen LogP contribution in [-0.2, 0) is 9.59 Å². The van der Waals surface area contributed by atoms with Crippen LogP contribution < -0.4 is 0 Å². The van der Waals surface area contributed by atoms with Gasteiger partial charge >= 0.3 is 0 Å². The molecule has 4 aliphatic rings. The molecular weight excluding hydrogens is 332 g/mol. The molecule has 0 aliphatic heterocycles. The summed E-state index contributed by atoms with van der Waals surface area (Å²) in [6.07, 6.45) is 3.87. The zero-order chi connectivity index (χ0) is 19.1. The molecule has 3 fully saturated rings. The van der Waals surface area contributed by atoms with E-state index in [1.54, 1.807) is 6.08 Å². The second-order valence-electron chi connectivity index (χ2n) is 9.61. The summed E-state index contributed by atoms with van der Waals surface area (Å²) in [5.41, 5.74) is -1.69. The number of aliphatic hydroxyl groups excluding tert-OH is 2. The Morgan fingerprint density at radius 3 is 2.38 bits per heavy atom. The predicted octanol–water partition coefficient (Wildman–Crippen LogP) is 1.78. The lowest BCUT2D eigenvalue weighted by molar-refractivity contribution is -0.172. The predicted molar refractivity (Wildman–Crippen MR) is 95.1 cm³/mol. The Hall–Kier alpha value is -1.04. The van der Waals surface area contributed by atoms with Gasteiger partial charge in [-0.05, 0) is 74.7 Å². The molecule has 144 valence electrons. The molecule has 3 N–H and O–H groups in total. The molecule has 26 heavy (non-hydrogen) atoms. The highest BCUT2D eigenvalue weighted by Gasteiger charge is 2.68. The molecule has 5 heteroatoms. The lowest BCUT2D eigenvalue weighted by Crippen LogP contribution is -2.62. The first-order valence-corrected chi connectivity index (χ1v) is 9.92. The number of Topliss-reactive ketones (excluding diaryl/α,β-unsaturated/α-hetero) is 2. The Morgan fingerprint density at radius 2 is 1.73 bits per heavy atom. The Kier molecular flexibility index (Phi) is 3.87. The molecule has 4 aliphatic carbocycles. The number of hydrogen-bond acceptors (Lipinski definition) is 5. The molecule has 5 nitrogen and oxygen atoms in total. The van der Waals surface area contributed by atoms with E-state index in [1.165, 1.54) is 6.92 Å². The first-order valence-electron chi connectivity index (χ1n) is 9.92. The fourth-order valence-corrected chi connectivity index (χ4v) is 7.11. The molecule has 0 saturated heterocycles. The van der Waals surface area contributed by atoms with Gasteiger partial charge in [0.2, 0.25) is 0 Å². The smallest absolute Gasteiger partial charge is 0.187 e. The Bertz CT molecular complexity index is 699. The first-order chi connectivity index (χ1) is 12.1. The first kappa shape index (κ1) is 18.3. The van der Waals surface area contributed by atoms with Crippen molar-refractivity contribution < 1.29 is 24.9 Å². The number of fused-ring (bicyclic) bond motifs is 5. The number of carbonyl (C=O) groups excluding carboxylic acids is 2.